The number of sulfonamides is 1. The van der Waals surface area contributed by atoms with Gasteiger partial charge >= 0.3 is 0 Å². The first-order valence-electron chi connectivity index (χ1n) is 11.3. The smallest absolute Gasteiger partial charge is 0.264 e. The molecule has 0 saturated heterocycles. The first-order chi connectivity index (χ1) is 16.6. The topological polar surface area (TPSA) is 86.8 Å². The largest absolute Gasteiger partial charge is 0.357 e. The van der Waals surface area contributed by atoms with Crippen LogP contribution >= 0.6 is 0 Å². The van der Waals surface area contributed by atoms with Crippen LogP contribution in [0.3, 0.4) is 0 Å². The van der Waals surface area contributed by atoms with Crippen molar-refractivity contribution < 1.29 is 18.0 Å². The second kappa shape index (κ2) is 11.2. The molecule has 0 radical (unpaired) electrons. The van der Waals surface area contributed by atoms with Crippen molar-refractivity contribution >= 4 is 27.5 Å². The third kappa shape index (κ3) is 6.27. The monoisotopic (exact) mass is 493 g/mol. The Morgan fingerprint density at radius 3 is 2.14 bits per heavy atom. The van der Waals surface area contributed by atoms with Crippen molar-refractivity contribution in [2.24, 2.45) is 0 Å². The standard InChI is InChI=1S/C27H31N3O4S/c1-20-13-15-24(16-14-20)30(35(33,34)25-11-6-5-7-12-25)19-26(31)29(22(3)27(32)28-4)18-23-10-8-9-21(2)17-23/h5-17,22H,18-19H2,1-4H3,(H,28,32)/t22-/m0/s1. The highest BCUT2D eigenvalue weighted by molar-refractivity contribution is 7.92. The van der Waals surface area contributed by atoms with Gasteiger partial charge in [-0.25, -0.2) is 8.42 Å². The van der Waals surface area contributed by atoms with E-state index in [1.807, 2.05) is 38.1 Å². The van der Waals surface area contributed by atoms with E-state index in [2.05, 4.69) is 5.32 Å². The summed E-state index contributed by atoms with van der Waals surface area (Å²) in [6.45, 7) is 5.20. The minimum atomic E-state index is -4.04. The number of carbonyl (C=O) groups excluding carboxylic acids is 2. The molecule has 0 unspecified atom stereocenters. The second-order valence-corrected chi connectivity index (χ2v) is 10.3. The van der Waals surface area contributed by atoms with Crippen molar-refractivity contribution in [1.29, 1.82) is 0 Å². The van der Waals surface area contributed by atoms with E-state index < -0.39 is 28.5 Å². The summed E-state index contributed by atoms with van der Waals surface area (Å²) in [5, 5.41) is 2.58. The molecule has 3 aromatic rings. The van der Waals surface area contributed by atoms with Gasteiger partial charge in [0.05, 0.1) is 10.6 Å². The molecular formula is C27H31N3O4S. The van der Waals surface area contributed by atoms with Crippen molar-refractivity contribution in [2.75, 3.05) is 17.9 Å². The highest BCUT2D eigenvalue weighted by atomic mass is 32.2. The van der Waals surface area contributed by atoms with Gasteiger partial charge in [0.15, 0.2) is 0 Å². The van der Waals surface area contributed by atoms with Gasteiger partial charge in [0.25, 0.3) is 10.0 Å². The van der Waals surface area contributed by atoms with Crippen LogP contribution in [0.1, 0.15) is 23.6 Å². The molecule has 0 heterocycles. The van der Waals surface area contributed by atoms with Crippen LogP contribution in [0.4, 0.5) is 5.69 Å². The molecule has 3 rings (SSSR count). The number of aryl methyl sites for hydroxylation is 2. The summed E-state index contributed by atoms with van der Waals surface area (Å²) in [6.07, 6.45) is 0. The average molecular weight is 494 g/mol. The number of hydrogen-bond acceptors (Lipinski definition) is 4. The Morgan fingerprint density at radius 1 is 0.886 bits per heavy atom. The number of hydrogen-bond donors (Lipinski definition) is 1. The number of nitrogens with one attached hydrogen (secondary N) is 1. The summed E-state index contributed by atoms with van der Waals surface area (Å²) in [5.41, 5.74) is 3.21. The van der Waals surface area contributed by atoms with Crippen LogP contribution in [0.2, 0.25) is 0 Å². The number of likely N-dealkylation sites (N-methyl/N-ethyl adjacent to an activating group) is 1. The zero-order chi connectivity index (χ0) is 25.6. The molecule has 0 aromatic heterocycles. The number of benzene rings is 3. The van der Waals surface area contributed by atoms with Gasteiger partial charge in [-0.15, -0.1) is 0 Å². The summed E-state index contributed by atoms with van der Waals surface area (Å²) in [4.78, 5) is 27.6. The van der Waals surface area contributed by atoms with E-state index in [0.29, 0.717) is 5.69 Å². The minimum absolute atomic E-state index is 0.0814. The van der Waals surface area contributed by atoms with E-state index in [1.54, 1.807) is 49.4 Å². The maximum atomic E-state index is 13.7. The Morgan fingerprint density at radius 2 is 1.54 bits per heavy atom. The van der Waals surface area contributed by atoms with E-state index in [-0.39, 0.29) is 17.3 Å². The summed E-state index contributed by atoms with van der Waals surface area (Å²) >= 11 is 0. The summed E-state index contributed by atoms with van der Waals surface area (Å²) in [7, 11) is -2.53. The number of rotatable bonds is 9. The van der Waals surface area contributed by atoms with Crippen molar-refractivity contribution in [3.05, 3.63) is 95.6 Å². The van der Waals surface area contributed by atoms with Crippen LogP contribution in [0, 0.1) is 13.8 Å². The molecule has 0 fully saturated rings. The molecule has 184 valence electrons. The summed E-state index contributed by atoms with van der Waals surface area (Å²) in [6, 6.07) is 21.8. The van der Waals surface area contributed by atoms with Crippen molar-refractivity contribution in [1.82, 2.24) is 10.2 Å². The lowest BCUT2D eigenvalue weighted by atomic mass is 10.1. The third-order valence-electron chi connectivity index (χ3n) is 5.78. The zero-order valence-electron chi connectivity index (χ0n) is 20.4. The highest BCUT2D eigenvalue weighted by Crippen LogP contribution is 2.25. The van der Waals surface area contributed by atoms with Gasteiger partial charge in [0, 0.05) is 13.6 Å². The maximum Gasteiger partial charge on any atom is 0.264 e. The molecule has 3 aromatic carbocycles. The van der Waals surface area contributed by atoms with Gasteiger partial charge in [-0.2, -0.15) is 0 Å². The molecule has 0 saturated carbocycles. The van der Waals surface area contributed by atoms with E-state index in [9.17, 15) is 18.0 Å². The van der Waals surface area contributed by atoms with E-state index in [4.69, 9.17) is 0 Å². The zero-order valence-corrected chi connectivity index (χ0v) is 21.2. The van der Waals surface area contributed by atoms with E-state index in [1.165, 1.54) is 24.1 Å². The SMILES string of the molecule is CNC(=O)[C@H](C)N(Cc1cccc(C)c1)C(=O)CN(c1ccc(C)cc1)S(=O)(=O)c1ccccc1. The lowest BCUT2D eigenvalue weighted by molar-refractivity contribution is -0.139. The van der Waals surface area contributed by atoms with Crippen molar-refractivity contribution in [3.63, 3.8) is 0 Å². The van der Waals surface area contributed by atoms with Gasteiger partial charge in [-0.3, -0.25) is 13.9 Å². The fraction of sp³-hybridized carbons (Fsp3) is 0.259. The number of nitrogens with zero attached hydrogens (tertiary/aromatic N) is 2. The van der Waals surface area contributed by atoms with Gasteiger partial charge in [0.1, 0.15) is 12.6 Å². The lowest BCUT2D eigenvalue weighted by Crippen LogP contribution is -2.50. The van der Waals surface area contributed by atoms with Crippen molar-refractivity contribution in [3.8, 4) is 0 Å². The fourth-order valence-corrected chi connectivity index (χ4v) is 5.19. The highest BCUT2D eigenvalue weighted by Gasteiger charge is 2.32. The predicted octanol–water partition coefficient (Wildman–Crippen LogP) is 3.66. The van der Waals surface area contributed by atoms with Crippen LogP contribution in [0.15, 0.2) is 83.8 Å². The Balaban J connectivity index is 2.01. The minimum Gasteiger partial charge on any atom is -0.357 e. The van der Waals surface area contributed by atoms with Crippen molar-refractivity contribution in [2.45, 2.75) is 38.3 Å². The summed E-state index contributed by atoms with van der Waals surface area (Å²) in [5.74, 6) is -0.818. The molecule has 0 aliphatic heterocycles. The molecule has 0 aliphatic rings. The number of amides is 2. The molecule has 7 nitrogen and oxygen atoms in total. The first-order valence-corrected chi connectivity index (χ1v) is 12.8. The van der Waals surface area contributed by atoms with Gasteiger partial charge in [-0.1, -0.05) is 65.7 Å². The number of anilines is 1. The molecule has 1 N–H and O–H groups in total. The van der Waals surface area contributed by atoms with Crippen LogP contribution < -0.4 is 9.62 Å². The molecule has 0 bridgehead atoms. The number of carbonyl (C=O) groups is 2. The van der Waals surface area contributed by atoms with Crippen LogP contribution in [0.25, 0.3) is 0 Å². The molecule has 8 heteroatoms. The lowest BCUT2D eigenvalue weighted by Gasteiger charge is -2.31. The normalized spacial score (nSPS) is 12.0. The molecule has 2 amide bonds. The average Bonchev–Trinajstić information content (AvgIpc) is 2.86. The molecule has 0 aliphatic carbocycles. The van der Waals surface area contributed by atoms with Crippen LogP contribution in [-0.4, -0.2) is 44.8 Å². The first kappa shape index (κ1) is 26.0. The maximum absolute atomic E-state index is 13.7. The van der Waals surface area contributed by atoms with Gasteiger partial charge in [-0.05, 0) is 50.6 Å². The molecular weight excluding hydrogens is 462 g/mol. The Kier molecular flexibility index (Phi) is 8.30. The predicted molar refractivity (Wildman–Crippen MR) is 137 cm³/mol. The third-order valence-corrected chi connectivity index (χ3v) is 7.57. The quantitative estimate of drug-likeness (QED) is 0.493. The second-order valence-electron chi connectivity index (χ2n) is 8.46. The van der Waals surface area contributed by atoms with E-state index in [0.717, 1.165) is 21.0 Å². The van der Waals surface area contributed by atoms with Gasteiger partial charge < -0.3 is 10.2 Å². The molecule has 1 atom stereocenters. The van der Waals surface area contributed by atoms with Crippen LogP contribution in [-0.2, 0) is 26.2 Å². The molecule has 35 heavy (non-hydrogen) atoms. The van der Waals surface area contributed by atoms with Gasteiger partial charge in [0.2, 0.25) is 11.8 Å². The Hall–Kier alpha value is -3.65. The van der Waals surface area contributed by atoms with E-state index >= 15 is 0 Å². The molecule has 0 spiro atoms. The summed E-state index contributed by atoms with van der Waals surface area (Å²) < 4.78 is 28.3. The Bertz CT molecular complexity index is 1280. The Labute approximate surface area is 207 Å². The van der Waals surface area contributed by atoms with Crippen LogP contribution in [0.5, 0.6) is 0 Å². The fourth-order valence-electron chi connectivity index (χ4n) is 3.76.